The lowest BCUT2D eigenvalue weighted by atomic mass is 9.68. The first-order chi connectivity index (χ1) is 8.28. The summed E-state index contributed by atoms with van der Waals surface area (Å²) in [4.78, 5) is 0. The van der Waals surface area contributed by atoms with Gasteiger partial charge in [-0.15, -0.1) is 0 Å². The quantitative estimate of drug-likeness (QED) is 0.676. The van der Waals surface area contributed by atoms with Crippen molar-refractivity contribution in [1.82, 2.24) is 0 Å². The summed E-state index contributed by atoms with van der Waals surface area (Å²) in [6, 6.07) is 5.65. The second kappa shape index (κ2) is 5.33. The van der Waals surface area contributed by atoms with Crippen LogP contribution in [0.5, 0.6) is 0 Å². The van der Waals surface area contributed by atoms with Crippen molar-refractivity contribution in [3.63, 3.8) is 0 Å². The van der Waals surface area contributed by atoms with Crippen molar-refractivity contribution < 1.29 is 13.2 Å². The third-order valence-corrected chi connectivity index (χ3v) is 4.15. The van der Waals surface area contributed by atoms with E-state index in [0.717, 1.165) is 18.4 Å². The molecule has 0 spiro atoms. The lowest BCUT2D eigenvalue weighted by Gasteiger charge is -2.37. The Morgan fingerprint density at radius 1 is 0.889 bits per heavy atom. The van der Waals surface area contributed by atoms with Crippen LogP contribution in [-0.4, -0.2) is 0 Å². The molecule has 18 heavy (non-hydrogen) atoms. The van der Waals surface area contributed by atoms with Gasteiger partial charge in [0.05, 0.1) is 5.56 Å². The highest BCUT2D eigenvalue weighted by Crippen LogP contribution is 2.40. The Hall–Kier alpha value is -0.990. The zero-order chi connectivity index (χ0) is 14.0. The SMILES string of the molecule is CCC(CC)(c1ccc(C(F)(F)F)cc1)C(C)C. The molecule has 0 aromatic heterocycles. The molecule has 0 fully saturated rings. The fourth-order valence-electron chi connectivity index (χ4n) is 2.80. The Morgan fingerprint density at radius 3 is 1.56 bits per heavy atom. The van der Waals surface area contributed by atoms with E-state index in [2.05, 4.69) is 27.7 Å². The molecule has 0 heterocycles. The first kappa shape index (κ1) is 15.1. The Morgan fingerprint density at radius 2 is 1.28 bits per heavy atom. The van der Waals surface area contributed by atoms with E-state index in [1.807, 2.05) is 0 Å². The molecule has 1 aromatic carbocycles. The first-order valence-electron chi connectivity index (χ1n) is 6.45. The first-order valence-corrected chi connectivity index (χ1v) is 6.45. The molecule has 0 saturated heterocycles. The summed E-state index contributed by atoms with van der Waals surface area (Å²) >= 11 is 0. The predicted molar refractivity (Wildman–Crippen MR) is 68.5 cm³/mol. The summed E-state index contributed by atoms with van der Waals surface area (Å²) in [5.41, 5.74) is 0.413. The molecule has 0 radical (unpaired) electrons. The summed E-state index contributed by atoms with van der Waals surface area (Å²) in [5, 5.41) is 0. The number of alkyl halides is 3. The van der Waals surface area contributed by atoms with Crippen LogP contribution in [0, 0.1) is 5.92 Å². The third-order valence-electron chi connectivity index (χ3n) is 4.15. The van der Waals surface area contributed by atoms with Crippen LogP contribution < -0.4 is 0 Å². The van der Waals surface area contributed by atoms with Crippen LogP contribution in [0.2, 0.25) is 0 Å². The largest absolute Gasteiger partial charge is 0.416 e. The van der Waals surface area contributed by atoms with Gasteiger partial charge in [0.2, 0.25) is 0 Å². The van der Waals surface area contributed by atoms with Crippen molar-refractivity contribution in [3.8, 4) is 0 Å². The van der Waals surface area contributed by atoms with Gasteiger partial charge in [0.25, 0.3) is 0 Å². The monoisotopic (exact) mass is 258 g/mol. The topological polar surface area (TPSA) is 0 Å². The zero-order valence-corrected chi connectivity index (χ0v) is 11.4. The van der Waals surface area contributed by atoms with Crippen molar-refractivity contribution >= 4 is 0 Å². The van der Waals surface area contributed by atoms with Crippen LogP contribution in [0.25, 0.3) is 0 Å². The number of hydrogen-bond acceptors (Lipinski definition) is 0. The minimum absolute atomic E-state index is 0.0237. The molecule has 0 atom stereocenters. The van der Waals surface area contributed by atoms with Gasteiger partial charge in [-0.3, -0.25) is 0 Å². The van der Waals surface area contributed by atoms with Gasteiger partial charge in [0.15, 0.2) is 0 Å². The van der Waals surface area contributed by atoms with Gasteiger partial charge in [-0.1, -0.05) is 39.8 Å². The van der Waals surface area contributed by atoms with E-state index < -0.39 is 11.7 Å². The number of hydrogen-bond donors (Lipinski definition) is 0. The molecule has 0 amide bonds. The summed E-state index contributed by atoms with van der Waals surface area (Å²) in [6.07, 6.45) is -2.38. The Balaban J connectivity index is 3.17. The minimum Gasteiger partial charge on any atom is -0.166 e. The zero-order valence-electron chi connectivity index (χ0n) is 11.4. The van der Waals surface area contributed by atoms with Gasteiger partial charge in [0, 0.05) is 0 Å². The van der Waals surface area contributed by atoms with Gasteiger partial charge < -0.3 is 0 Å². The minimum atomic E-state index is -4.25. The maximum atomic E-state index is 12.5. The number of rotatable bonds is 4. The number of halogens is 3. The molecular weight excluding hydrogens is 237 g/mol. The fourth-order valence-corrected chi connectivity index (χ4v) is 2.80. The Kier molecular flexibility index (Phi) is 4.46. The normalized spacial score (nSPS) is 13.1. The lowest BCUT2D eigenvalue weighted by Crippen LogP contribution is -2.30. The van der Waals surface area contributed by atoms with E-state index in [9.17, 15) is 13.2 Å². The molecule has 0 saturated carbocycles. The van der Waals surface area contributed by atoms with Gasteiger partial charge in [-0.2, -0.15) is 13.2 Å². The van der Waals surface area contributed by atoms with E-state index in [0.29, 0.717) is 5.92 Å². The van der Waals surface area contributed by atoms with E-state index in [-0.39, 0.29) is 5.41 Å². The molecule has 0 aliphatic carbocycles. The molecule has 102 valence electrons. The fraction of sp³-hybridized carbons (Fsp3) is 0.600. The molecule has 1 aromatic rings. The lowest BCUT2D eigenvalue weighted by molar-refractivity contribution is -0.137. The third kappa shape index (κ3) is 2.70. The molecule has 1 rings (SSSR count). The van der Waals surface area contributed by atoms with E-state index >= 15 is 0 Å². The maximum absolute atomic E-state index is 12.5. The van der Waals surface area contributed by atoms with Gasteiger partial charge in [-0.25, -0.2) is 0 Å². The highest BCUT2D eigenvalue weighted by atomic mass is 19.4. The van der Waals surface area contributed by atoms with E-state index in [1.165, 1.54) is 12.1 Å². The molecular formula is C15H21F3. The predicted octanol–water partition coefficient (Wildman–Crippen LogP) is 5.42. The number of benzene rings is 1. The summed E-state index contributed by atoms with van der Waals surface area (Å²) in [6.45, 7) is 8.46. The van der Waals surface area contributed by atoms with Crippen LogP contribution in [-0.2, 0) is 11.6 Å². The highest BCUT2D eigenvalue weighted by Gasteiger charge is 2.34. The molecule has 0 aliphatic rings. The van der Waals surface area contributed by atoms with Crippen molar-refractivity contribution in [3.05, 3.63) is 35.4 Å². The summed E-state index contributed by atoms with van der Waals surface area (Å²) < 4.78 is 37.6. The molecule has 0 bridgehead atoms. The molecule has 0 aliphatic heterocycles. The summed E-state index contributed by atoms with van der Waals surface area (Å²) in [5.74, 6) is 0.407. The van der Waals surface area contributed by atoms with Crippen LogP contribution in [0.1, 0.15) is 51.7 Å². The van der Waals surface area contributed by atoms with Crippen molar-refractivity contribution in [2.24, 2.45) is 5.92 Å². The smallest absolute Gasteiger partial charge is 0.166 e. The highest BCUT2D eigenvalue weighted by molar-refractivity contribution is 5.31. The van der Waals surface area contributed by atoms with Crippen molar-refractivity contribution in [2.45, 2.75) is 52.1 Å². The average Bonchev–Trinajstić information content (AvgIpc) is 2.30. The van der Waals surface area contributed by atoms with Gasteiger partial charge >= 0.3 is 6.18 Å². The van der Waals surface area contributed by atoms with Crippen LogP contribution in [0.4, 0.5) is 13.2 Å². The van der Waals surface area contributed by atoms with E-state index in [1.54, 1.807) is 12.1 Å². The molecule has 0 nitrogen and oxygen atoms in total. The molecule has 0 N–H and O–H groups in total. The summed E-state index contributed by atoms with van der Waals surface area (Å²) in [7, 11) is 0. The van der Waals surface area contributed by atoms with E-state index in [4.69, 9.17) is 0 Å². The van der Waals surface area contributed by atoms with Gasteiger partial charge in [-0.05, 0) is 41.9 Å². The molecule has 3 heteroatoms. The van der Waals surface area contributed by atoms with Crippen LogP contribution in [0.3, 0.4) is 0 Å². The van der Waals surface area contributed by atoms with Crippen LogP contribution >= 0.6 is 0 Å². The standard InChI is InChI=1S/C15H21F3/c1-5-14(6-2,11(3)4)12-7-9-13(10-8-12)15(16,17)18/h7-11H,5-6H2,1-4H3. The van der Waals surface area contributed by atoms with Crippen molar-refractivity contribution in [2.75, 3.05) is 0 Å². The van der Waals surface area contributed by atoms with Gasteiger partial charge in [0.1, 0.15) is 0 Å². The second-order valence-corrected chi connectivity index (χ2v) is 5.09. The average molecular weight is 258 g/mol. The second-order valence-electron chi connectivity index (χ2n) is 5.09. The van der Waals surface area contributed by atoms with Crippen molar-refractivity contribution in [1.29, 1.82) is 0 Å². The van der Waals surface area contributed by atoms with Crippen LogP contribution in [0.15, 0.2) is 24.3 Å². The maximum Gasteiger partial charge on any atom is 0.416 e. The Bertz CT molecular complexity index is 370. The molecule has 0 unspecified atom stereocenters. The Labute approximate surface area is 107 Å².